The maximum absolute atomic E-state index is 13.9. The number of esters is 1. The van der Waals surface area contributed by atoms with E-state index in [0.717, 1.165) is 4.90 Å². The van der Waals surface area contributed by atoms with E-state index < -0.39 is 41.2 Å². The van der Waals surface area contributed by atoms with Crippen molar-refractivity contribution in [1.29, 1.82) is 0 Å². The van der Waals surface area contributed by atoms with Gasteiger partial charge in [0.15, 0.2) is 5.54 Å². The molecule has 0 spiro atoms. The van der Waals surface area contributed by atoms with Crippen molar-refractivity contribution in [3.05, 3.63) is 100 Å². The number of ether oxygens (including phenoxy) is 1. The third-order valence-corrected chi connectivity index (χ3v) is 7.22. The van der Waals surface area contributed by atoms with Gasteiger partial charge in [0.2, 0.25) is 11.8 Å². The zero-order valence-corrected chi connectivity index (χ0v) is 19.6. The molecule has 2 heterocycles. The molecule has 2 aliphatic rings. The van der Waals surface area contributed by atoms with Crippen molar-refractivity contribution in [3.8, 4) is 0 Å². The lowest BCUT2D eigenvalue weighted by Gasteiger charge is -2.33. The van der Waals surface area contributed by atoms with Gasteiger partial charge in [-0.2, -0.15) is 0 Å². The van der Waals surface area contributed by atoms with Gasteiger partial charge in [0, 0.05) is 16.1 Å². The smallest absolute Gasteiger partial charge is 0.331 e. The van der Waals surface area contributed by atoms with Crippen LogP contribution in [-0.2, 0) is 24.7 Å². The molecule has 3 aromatic carbocycles. The number of hydrogen-bond donors (Lipinski definition) is 1. The van der Waals surface area contributed by atoms with Crippen LogP contribution >= 0.6 is 23.2 Å². The fourth-order valence-corrected chi connectivity index (χ4v) is 5.56. The molecule has 2 amide bonds. The number of rotatable bonds is 4. The SMILES string of the molecule is COC(=O)C1(c2ccccc2)NC(c2ccccc2Cl)C2C(=O)N(c3ccc(Cl)cc3)C(=O)C21. The number of hydrogen-bond acceptors (Lipinski definition) is 5. The van der Waals surface area contributed by atoms with Crippen LogP contribution in [0.4, 0.5) is 5.69 Å². The van der Waals surface area contributed by atoms with E-state index in [1.165, 1.54) is 7.11 Å². The number of halogens is 2. The number of carbonyl (C=O) groups is 3. The molecule has 0 aliphatic carbocycles. The number of amides is 2. The minimum atomic E-state index is -1.58. The lowest BCUT2D eigenvalue weighted by Crippen LogP contribution is -2.53. The molecule has 4 unspecified atom stereocenters. The molecule has 172 valence electrons. The van der Waals surface area contributed by atoms with E-state index in [9.17, 15) is 14.4 Å². The Balaban J connectivity index is 1.74. The number of methoxy groups -OCH3 is 1. The van der Waals surface area contributed by atoms with Crippen LogP contribution in [0.3, 0.4) is 0 Å². The highest BCUT2D eigenvalue weighted by molar-refractivity contribution is 6.32. The van der Waals surface area contributed by atoms with Crippen LogP contribution in [-0.4, -0.2) is 24.9 Å². The predicted octanol–water partition coefficient (Wildman–Crippen LogP) is 4.51. The maximum Gasteiger partial charge on any atom is 0.331 e. The van der Waals surface area contributed by atoms with E-state index >= 15 is 0 Å². The first kappa shape index (κ1) is 22.6. The van der Waals surface area contributed by atoms with E-state index in [1.54, 1.807) is 72.8 Å². The molecule has 0 bridgehead atoms. The fourth-order valence-electron chi connectivity index (χ4n) is 5.18. The summed E-state index contributed by atoms with van der Waals surface area (Å²) in [6.07, 6.45) is 0. The molecule has 4 atom stereocenters. The van der Waals surface area contributed by atoms with E-state index in [0.29, 0.717) is 26.9 Å². The second kappa shape index (κ2) is 8.55. The van der Waals surface area contributed by atoms with Crippen molar-refractivity contribution in [3.63, 3.8) is 0 Å². The highest BCUT2D eigenvalue weighted by atomic mass is 35.5. The van der Waals surface area contributed by atoms with Crippen molar-refractivity contribution in [2.75, 3.05) is 12.0 Å². The number of benzene rings is 3. The second-order valence-corrected chi connectivity index (χ2v) is 9.14. The number of carbonyl (C=O) groups excluding carboxylic acids is 3. The van der Waals surface area contributed by atoms with E-state index in [2.05, 4.69) is 5.32 Å². The molecule has 5 rings (SSSR count). The quantitative estimate of drug-likeness (QED) is 0.426. The average molecular weight is 495 g/mol. The van der Waals surface area contributed by atoms with Crippen molar-refractivity contribution < 1.29 is 19.1 Å². The Morgan fingerprint density at radius 3 is 2.21 bits per heavy atom. The zero-order valence-electron chi connectivity index (χ0n) is 18.1. The first-order valence-electron chi connectivity index (χ1n) is 10.7. The average Bonchev–Trinajstić information content (AvgIpc) is 3.34. The summed E-state index contributed by atoms with van der Waals surface area (Å²) in [4.78, 5) is 42.4. The van der Waals surface area contributed by atoms with Gasteiger partial charge in [0.25, 0.3) is 0 Å². The number of fused-ring (bicyclic) bond motifs is 1. The molecule has 3 aromatic rings. The van der Waals surface area contributed by atoms with Gasteiger partial charge >= 0.3 is 5.97 Å². The Labute approximate surface area is 206 Å². The van der Waals surface area contributed by atoms with Crippen molar-refractivity contribution in [1.82, 2.24) is 5.32 Å². The van der Waals surface area contributed by atoms with Gasteiger partial charge in [-0.15, -0.1) is 0 Å². The minimum absolute atomic E-state index is 0.388. The lowest BCUT2D eigenvalue weighted by atomic mass is 9.75. The van der Waals surface area contributed by atoms with Crippen LogP contribution in [0.2, 0.25) is 10.0 Å². The normalized spacial score (nSPS) is 26.0. The van der Waals surface area contributed by atoms with Crippen molar-refractivity contribution in [2.45, 2.75) is 11.6 Å². The van der Waals surface area contributed by atoms with Gasteiger partial charge in [0.05, 0.1) is 24.6 Å². The summed E-state index contributed by atoms with van der Waals surface area (Å²) in [7, 11) is 1.27. The van der Waals surface area contributed by atoms with Crippen molar-refractivity contribution in [2.24, 2.45) is 11.8 Å². The number of nitrogens with one attached hydrogen (secondary N) is 1. The molecule has 0 radical (unpaired) electrons. The third-order valence-electron chi connectivity index (χ3n) is 6.62. The Morgan fingerprint density at radius 1 is 0.912 bits per heavy atom. The summed E-state index contributed by atoms with van der Waals surface area (Å²) < 4.78 is 5.22. The molecular weight excluding hydrogens is 475 g/mol. The summed E-state index contributed by atoms with van der Waals surface area (Å²) in [5.41, 5.74) is -0.0395. The summed E-state index contributed by atoms with van der Waals surface area (Å²) in [5, 5.41) is 4.23. The second-order valence-electron chi connectivity index (χ2n) is 8.30. The van der Waals surface area contributed by atoms with E-state index in [1.807, 2.05) is 6.07 Å². The molecule has 1 N–H and O–H groups in total. The van der Waals surface area contributed by atoms with Crippen molar-refractivity contribution >= 4 is 46.7 Å². The first-order valence-corrected chi connectivity index (χ1v) is 11.4. The first-order chi connectivity index (χ1) is 16.4. The zero-order chi connectivity index (χ0) is 24.0. The van der Waals surface area contributed by atoms with Crippen LogP contribution in [0.5, 0.6) is 0 Å². The van der Waals surface area contributed by atoms with E-state index in [-0.39, 0.29) is 0 Å². The maximum atomic E-state index is 13.9. The summed E-state index contributed by atoms with van der Waals surface area (Å²) in [6.45, 7) is 0. The van der Waals surface area contributed by atoms with Crippen LogP contribution in [0, 0.1) is 11.8 Å². The van der Waals surface area contributed by atoms with Gasteiger partial charge in [-0.3, -0.25) is 14.9 Å². The molecule has 0 saturated carbocycles. The molecular formula is C26H20Cl2N2O4. The Bertz CT molecular complexity index is 1280. The van der Waals surface area contributed by atoms with Crippen LogP contribution in [0.25, 0.3) is 0 Å². The van der Waals surface area contributed by atoms with Gasteiger partial charge in [-0.1, -0.05) is 71.7 Å². The summed E-state index contributed by atoms with van der Waals surface area (Å²) >= 11 is 12.5. The molecule has 2 fully saturated rings. The monoisotopic (exact) mass is 494 g/mol. The topological polar surface area (TPSA) is 75.7 Å². The van der Waals surface area contributed by atoms with Crippen LogP contribution < -0.4 is 10.2 Å². The lowest BCUT2D eigenvalue weighted by molar-refractivity contribution is -0.152. The molecule has 8 heteroatoms. The van der Waals surface area contributed by atoms with Crippen LogP contribution in [0.1, 0.15) is 17.2 Å². The van der Waals surface area contributed by atoms with Gasteiger partial charge in [0.1, 0.15) is 0 Å². The summed E-state index contributed by atoms with van der Waals surface area (Å²) in [6, 6.07) is 21.7. The molecule has 6 nitrogen and oxygen atoms in total. The number of nitrogens with zero attached hydrogens (tertiary/aromatic N) is 1. The Hall–Kier alpha value is -3.19. The van der Waals surface area contributed by atoms with E-state index in [4.69, 9.17) is 27.9 Å². The predicted molar refractivity (Wildman–Crippen MR) is 128 cm³/mol. The van der Waals surface area contributed by atoms with Gasteiger partial charge in [-0.25, -0.2) is 9.69 Å². The molecule has 34 heavy (non-hydrogen) atoms. The Kier molecular flexibility index (Phi) is 5.68. The number of anilines is 1. The highest BCUT2D eigenvalue weighted by Crippen LogP contribution is 2.54. The Morgan fingerprint density at radius 2 is 1.56 bits per heavy atom. The van der Waals surface area contributed by atoms with Gasteiger partial charge in [-0.05, 0) is 41.5 Å². The van der Waals surface area contributed by atoms with Crippen LogP contribution in [0.15, 0.2) is 78.9 Å². The molecule has 0 aromatic heterocycles. The standard InChI is InChI=1S/C26H20Cl2N2O4/c1-34-25(33)26(15-7-3-2-4-8-15)21-20(22(29-26)18-9-5-6-10-19(18)28)23(31)30(24(21)32)17-13-11-16(27)12-14-17/h2-14,20-22,29H,1H3. The largest absolute Gasteiger partial charge is 0.467 e. The highest BCUT2D eigenvalue weighted by Gasteiger charge is 2.69. The fraction of sp³-hybridized carbons (Fsp3) is 0.192. The number of imide groups is 1. The summed E-state index contributed by atoms with van der Waals surface area (Å²) in [5.74, 6) is -3.50. The molecule has 2 aliphatic heterocycles. The minimum Gasteiger partial charge on any atom is -0.467 e. The van der Waals surface area contributed by atoms with Gasteiger partial charge < -0.3 is 4.74 Å². The third kappa shape index (κ3) is 3.25. The molecule has 2 saturated heterocycles.